The minimum Gasteiger partial charge on any atom is -0.493 e. The number of nitrogens with one attached hydrogen (secondary N) is 2. The molecular formula is C41H50Cl2N6O5. The van der Waals surface area contributed by atoms with Gasteiger partial charge in [0.15, 0.2) is 11.6 Å². The molecule has 2 aliphatic carbocycles. The highest BCUT2D eigenvalue weighted by Gasteiger charge is 2.45. The van der Waals surface area contributed by atoms with Gasteiger partial charge in [0.1, 0.15) is 24.7 Å². The SMILES string of the molecule is COCCCc1cc(CN(C(=O)C2CNCCC2c2ccc(OCCOc3c(Cl)cc(C)cc3Cl)cc2)C2CC2)cc(OCC2(Cc3nn[nH]n3)CC2)c1. The molecule has 288 valence electrons. The van der Waals surface area contributed by atoms with Crippen molar-refractivity contribution in [2.75, 3.05) is 46.6 Å². The zero-order valence-corrected chi connectivity index (χ0v) is 32.6. The summed E-state index contributed by atoms with van der Waals surface area (Å²) in [5.41, 5.74) is 4.46. The highest BCUT2D eigenvalue weighted by molar-refractivity contribution is 6.37. The van der Waals surface area contributed by atoms with Crippen LogP contribution in [0.4, 0.5) is 0 Å². The summed E-state index contributed by atoms with van der Waals surface area (Å²) >= 11 is 12.6. The zero-order valence-electron chi connectivity index (χ0n) is 31.1. The lowest BCUT2D eigenvalue weighted by Crippen LogP contribution is -2.47. The first kappa shape index (κ1) is 38.4. The van der Waals surface area contributed by atoms with Crippen molar-refractivity contribution in [3.05, 3.63) is 92.7 Å². The van der Waals surface area contributed by atoms with E-state index in [0.717, 1.165) is 91.9 Å². The maximum Gasteiger partial charge on any atom is 0.228 e. The molecule has 13 heteroatoms. The number of methoxy groups -OCH3 is 1. The Morgan fingerprint density at radius 3 is 2.39 bits per heavy atom. The van der Waals surface area contributed by atoms with Gasteiger partial charge in [0.25, 0.3) is 0 Å². The number of aryl methyl sites for hydroxylation is 2. The summed E-state index contributed by atoms with van der Waals surface area (Å²) in [6, 6.07) is 18.6. The lowest BCUT2D eigenvalue weighted by atomic mass is 9.80. The number of ether oxygens (including phenoxy) is 4. The number of amides is 1. The number of H-pyrrole nitrogens is 1. The number of aromatic nitrogens is 4. The van der Waals surface area contributed by atoms with Crippen LogP contribution < -0.4 is 19.5 Å². The molecule has 0 bridgehead atoms. The molecule has 1 amide bonds. The lowest BCUT2D eigenvalue weighted by molar-refractivity contribution is -0.138. The molecule has 1 aromatic heterocycles. The Labute approximate surface area is 327 Å². The summed E-state index contributed by atoms with van der Waals surface area (Å²) in [5, 5.41) is 19.1. The zero-order chi connectivity index (χ0) is 37.5. The van der Waals surface area contributed by atoms with Crippen molar-refractivity contribution in [3.8, 4) is 17.2 Å². The molecule has 11 nitrogen and oxygen atoms in total. The van der Waals surface area contributed by atoms with Gasteiger partial charge in [-0.2, -0.15) is 5.21 Å². The van der Waals surface area contributed by atoms with Crippen molar-refractivity contribution in [1.82, 2.24) is 30.8 Å². The Balaban J connectivity index is 0.998. The van der Waals surface area contributed by atoms with Gasteiger partial charge in [-0.1, -0.05) is 46.6 Å². The topological polar surface area (TPSA) is 124 Å². The first-order valence-electron chi connectivity index (χ1n) is 19.1. The highest BCUT2D eigenvalue weighted by Crippen LogP contribution is 2.48. The van der Waals surface area contributed by atoms with Crippen molar-refractivity contribution in [3.63, 3.8) is 0 Å². The van der Waals surface area contributed by atoms with Crippen LogP contribution in [0.2, 0.25) is 10.0 Å². The third-order valence-corrected chi connectivity index (χ3v) is 11.3. The Bertz CT molecular complexity index is 1830. The fourth-order valence-corrected chi connectivity index (χ4v) is 8.19. The molecule has 3 aromatic carbocycles. The maximum atomic E-state index is 14.6. The first-order valence-corrected chi connectivity index (χ1v) is 19.8. The van der Waals surface area contributed by atoms with Gasteiger partial charge >= 0.3 is 0 Å². The van der Waals surface area contributed by atoms with Gasteiger partial charge in [-0.15, -0.1) is 10.2 Å². The molecule has 1 saturated heterocycles. The number of tetrazole rings is 1. The summed E-state index contributed by atoms with van der Waals surface area (Å²) in [4.78, 5) is 16.7. The maximum absolute atomic E-state index is 14.6. The largest absolute Gasteiger partial charge is 0.493 e. The van der Waals surface area contributed by atoms with Crippen molar-refractivity contribution < 1.29 is 23.7 Å². The van der Waals surface area contributed by atoms with Gasteiger partial charge in [0.05, 0.1) is 22.6 Å². The van der Waals surface area contributed by atoms with Crippen LogP contribution in [0.1, 0.15) is 72.5 Å². The van der Waals surface area contributed by atoms with E-state index in [0.29, 0.717) is 55.3 Å². The average Bonchev–Trinajstić information content (AvgIpc) is 4.10. The van der Waals surface area contributed by atoms with E-state index < -0.39 is 0 Å². The van der Waals surface area contributed by atoms with Crippen LogP contribution >= 0.6 is 23.2 Å². The monoisotopic (exact) mass is 776 g/mol. The van der Waals surface area contributed by atoms with Crippen molar-refractivity contribution in [2.24, 2.45) is 11.3 Å². The summed E-state index contributed by atoms with van der Waals surface area (Å²) in [6.07, 6.45) is 7.64. The normalized spacial score (nSPS) is 19.0. The van der Waals surface area contributed by atoms with Crippen LogP contribution in [0, 0.1) is 18.3 Å². The third-order valence-electron chi connectivity index (χ3n) is 10.7. The van der Waals surface area contributed by atoms with Crippen molar-refractivity contribution in [1.29, 1.82) is 0 Å². The number of hydrogen-bond acceptors (Lipinski definition) is 9. The van der Waals surface area contributed by atoms with E-state index in [2.05, 4.69) is 61.2 Å². The summed E-state index contributed by atoms with van der Waals surface area (Å²) < 4.78 is 23.6. The van der Waals surface area contributed by atoms with E-state index >= 15 is 0 Å². The standard InChI is InChI=1S/C41H50Cl2N6O5/c1-27-18-36(42)39(37(43)19-27)53-17-16-52-32-9-5-30(6-10-32)34-11-14-44-24-35(34)40(50)49(31-7-8-31)25-29-20-28(4-3-15-51-2)21-33(22-29)54-26-41(12-13-41)23-38-45-47-48-46-38/h5-6,9-10,18-22,31,34-35,44H,3-4,7-8,11-17,23-26H2,1-2H3,(H,45,46,47,48). The van der Waals surface area contributed by atoms with Gasteiger partial charge in [-0.3, -0.25) is 4.79 Å². The molecule has 0 spiro atoms. The fraction of sp³-hybridized carbons (Fsp3) is 0.512. The summed E-state index contributed by atoms with van der Waals surface area (Å²) in [7, 11) is 1.73. The quantitative estimate of drug-likeness (QED) is 0.0958. The Morgan fingerprint density at radius 2 is 1.69 bits per heavy atom. The second-order valence-corrected chi connectivity index (χ2v) is 15.9. The van der Waals surface area contributed by atoms with Crippen molar-refractivity contribution in [2.45, 2.75) is 76.8 Å². The molecule has 54 heavy (non-hydrogen) atoms. The number of carbonyl (C=O) groups excluding carboxylic acids is 1. The third kappa shape index (κ3) is 10.0. The highest BCUT2D eigenvalue weighted by atomic mass is 35.5. The molecular weight excluding hydrogens is 727 g/mol. The molecule has 3 fully saturated rings. The number of nitrogens with zero attached hydrogens (tertiary/aromatic N) is 4. The van der Waals surface area contributed by atoms with Gasteiger partial charge in [0.2, 0.25) is 5.91 Å². The van der Waals surface area contributed by atoms with E-state index in [9.17, 15) is 4.79 Å². The Hall–Kier alpha value is -3.90. The molecule has 3 aliphatic rings. The van der Waals surface area contributed by atoms with Gasteiger partial charge in [-0.05, 0) is 123 Å². The van der Waals surface area contributed by atoms with E-state index in [-0.39, 0.29) is 29.2 Å². The van der Waals surface area contributed by atoms with Crippen LogP contribution in [-0.4, -0.2) is 84.1 Å². The van der Waals surface area contributed by atoms with E-state index in [1.54, 1.807) is 7.11 Å². The van der Waals surface area contributed by atoms with Crippen LogP contribution in [0.15, 0.2) is 54.6 Å². The molecule has 2 unspecified atom stereocenters. The molecule has 2 atom stereocenters. The van der Waals surface area contributed by atoms with E-state index in [1.807, 2.05) is 31.2 Å². The minimum absolute atomic E-state index is 0.0408. The predicted octanol–water partition coefficient (Wildman–Crippen LogP) is 7.14. The fourth-order valence-electron chi connectivity index (χ4n) is 7.49. The first-order chi connectivity index (χ1) is 26.3. The van der Waals surface area contributed by atoms with Gasteiger partial charge < -0.3 is 29.2 Å². The number of rotatable bonds is 19. The molecule has 0 radical (unpaired) electrons. The Morgan fingerprint density at radius 1 is 0.926 bits per heavy atom. The van der Waals surface area contributed by atoms with E-state index in [1.165, 1.54) is 5.56 Å². The molecule has 2 N–H and O–H groups in total. The Kier molecular flexibility index (Phi) is 12.6. The minimum atomic E-state index is -0.163. The molecule has 7 rings (SSSR count). The van der Waals surface area contributed by atoms with Crippen molar-refractivity contribution >= 4 is 29.1 Å². The van der Waals surface area contributed by atoms with Gasteiger partial charge in [0, 0.05) is 44.7 Å². The number of halogens is 2. The second kappa shape index (κ2) is 17.7. The number of hydrogen-bond donors (Lipinski definition) is 2. The van der Waals surface area contributed by atoms with Crippen LogP contribution in [-0.2, 0) is 28.9 Å². The number of benzene rings is 3. The number of carbonyl (C=O) groups is 1. The lowest BCUT2D eigenvalue weighted by Gasteiger charge is -2.36. The predicted molar refractivity (Wildman–Crippen MR) is 208 cm³/mol. The average molecular weight is 778 g/mol. The van der Waals surface area contributed by atoms with Gasteiger partial charge in [-0.25, -0.2) is 0 Å². The van der Waals surface area contributed by atoms with Crippen LogP contribution in [0.5, 0.6) is 17.2 Å². The van der Waals surface area contributed by atoms with Crippen LogP contribution in [0.25, 0.3) is 0 Å². The van der Waals surface area contributed by atoms with Crippen LogP contribution in [0.3, 0.4) is 0 Å². The molecule has 1 aliphatic heterocycles. The summed E-state index contributed by atoms with van der Waals surface area (Å²) in [5.74, 6) is 2.93. The molecule has 2 saturated carbocycles. The van der Waals surface area contributed by atoms with E-state index in [4.69, 9.17) is 42.1 Å². The molecule has 4 aromatic rings. The summed E-state index contributed by atoms with van der Waals surface area (Å²) in [6.45, 7) is 5.95. The second-order valence-electron chi connectivity index (χ2n) is 15.1. The number of piperidine rings is 1. The number of aromatic amines is 1. The smallest absolute Gasteiger partial charge is 0.228 e. The molecule has 2 heterocycles.